The van der Waals surface area contributed by atoms with E-state index in [2.05, 4.69) is 9.97 Å². The summed E-state index contributed by atoms with van der Waals surface area (Å²) < 4.78 is 12.5. The third-order valence-corrected chi connectivity index (χ3v) is 3.59. The highest BCUT2D eigenvalue weighted by atomic mass is 16.5. The lowest BCUT2D eigenvalue weighted by atomic mass is 10.0. The van der Waals surface area contributed by atoms with Crippen LogP contribution in [0.5, 0.6) is 5.88 Å². The van der Waals surface area contributed by atoms with E-state index in [1.165, 1.54) is 0 Å². The van der Waals surface area contributed by atoms with E-state index in [1.807, 2.05) is 10.6 Å². The number of fused-ring (bicyclic) bond motifs is 1. The minimum absolute atomic E-state index is 0.516. The number of anilines is 1. The summed E-state index contributed by atoms with van der Waals surface area (Å²) in [6.07, 6.45) is 2.12. The molecule has 1 fully saturated rings. The van der Waals surface area contributed by atoms with Gasteiger partial charge in [0, 0.05) is 25.8 Å². The fourth-order valence-electron chi connectivity index (χ4n) is 2.48. The summed E-state index contributed by atoms with van der Waals surface area (Å²) in [4.78, 5) is 8.79. The average Bonchev–Trinajstić information content (AvgIpc) is 2.76. The first-order chi connectivity index (χ1) is 9.28. The summed E-state index contributed by atoms with van der Waals surface area (Å²) in [5.41, 5.74) is 7.61. The molecule has 0 aromatic carbocycles. The summed E-state index contributed by atoms with van der Waals surface area (Å²) in [5.74, 6) is 1.67. The first-order valence-electron chi connectivity index (χ1n) is 6.52. The van der Waals surface area contributed by atoms with Gasteiger partial charge in [-0.2, -0.15) is 4.98 Å². The lowest BCUT2D eigenvalue weighted by molar-refractivity contribution is 0.0617. The number of nitrogen functional groups attached to an aromatic ring is 1. The Morgan fingerprint density at radius 1 is 1.37 bits per heavy atom. The van der Waals surface area contributed by atoms with Crippen LogP contribution in [0.25, 0.3) is 11.2 Å². The van der Waals surface area contributed by atoms with Crippen molar-refractivity contribution < 1.29 is 9.47 Å². The van der Waals surface area contributed by atoms with Crippen LogP contribution in [0.4, 0.5) is 5.95 Å². The van der Waals surface area contributed by atoms with Crippen molar-refractivity contribution in [1.82, 2.24) is 14.5 Å². The molecule has 0 spiro atoms. The van der Waals surface area contributed by atoms with Crippen LogP contribution in [-0.2, 0) is 11.3 Å². The summed E-state index contributed by atoms with van der Waals surface area (Å²) in [6.45, 7) is 2.49. The Hall–Kier alpha value is -1.82. The Morgan fingerprint density at radius 2 is 2.16 bits per heavy atom. The van der Waals surface area contributed by atoms with Gasteiger partial charge in [-0.05, 0) is 24.8 Å². The summed E-state index contributed by atoms with van der Waals surface area (Å²) in [6, 6.07) is 3.69. The van der Waals surface area contributed by atoms with Gasteiger partial charge in [0.05, 0.1) is 7.11 Å². The molecule has 0 atom stereocenters. The minimum atomic E-state index is 0.516. The molecule has 1 aliphatic heterocycles. The Kier molecular flexibility index (Phi) is 3.25. The van der Waals surface area contributed by atoms with Gasteiger partial charge in [0.2, 0.25) is 11.8 Å². The van der Waals surface area contributed by atoms with E-state index < -0.39 is 0 Å². The zero-order chi connectivity index (χ0) is 13.2. The van der Waals surface area contributed by atoms with Crippen LogP contribution < -0.4 is 10.5 Å². The first-order valence-corrected chi connectivity index (χ1v) is 6.52. The van der Waals surface area contributed by atoms with E-state index in [4.69, 9.17) is 15.2 Å². The van der Waals surface area contributed by atoms with Gasteiger partial charge in [0.1, 0.15) is 5.52 Å². The van der Waals surface area contributed by atoms with Crippen LogP contribution in [0.3, 0.4) is 0 Å². The number of aromatic nitrogens is 3. The summed E-state index contributed by atoms with van der Waals surface area (Å²) in [7, 11) is 1.61. The smallest absolute Gasteiger partial charge is 0.215 e. The molecule has 6 nitrogen and oxygen atoms in total. The predicted octanol–water partition coefficient (Wildman–Crippen LogP) is 1.45. The third kappa shape index (κ3) is 2.35. The van der Waals surface area contributed by atoms with Crippen LogP contribution in [0.15, 0.2) is 12.1 Å². The van der Waals surface area contributed by atoms with Crippen LogP contribution in [0.1, 0.15) is 12.8 Å². The molecule has 19 heavy (non-hydrogen) atoms. The molecule has 0 amide bonds. The molecule has 0 aliphatic carbocycles. The first kappa shape index (κ1) is 12.2. The molecule has 3 heterocycles. The number of hydrogen-bond donors (Lipinski definition) is 1. The number of hydrogen-bond acceptors (Lipinski definition) is 5. The Morgan fingerprint density at radius 3 is 2.89 bits per heavy atom. The molecular weight excluding hydrogens is 244 g/mol. The summed E-state index contributed by atoms with van der Waals surface area (Å²) in [5, 5.41) is 0. The van der Waals surface area contributed by atoms with Crippen molar-refractivity contribution in [3.05, 3.63) is 12.1 Å². The monoisotopic (exact) mass is 262 g/mol. The van der Waals surface area contributed by atoms with Crippen LogP contribution in [0.2, 0.25) is 0 Å². The van der Waals surface area contributed by atoms with Gasteiger partial charge in [0.15, 0.2) is 5.65 Å². The Labute approximate surface area is 111 Å². The second kappa shape index (κ2) is 5.05. The molecule has 2 N–H and O–H groups in total. The van der Waals surface area contributed by atoms with Gasteiger partial charge in [-0.1, -0.05) is 0 Å². The molecule has 1 aliphatic rings. The van der Waals surface area contributed by atoms with E-state index in [9.17, 15) is 0 Å². The number of pyridine rings is 1. The van der Waals surface area contributed by atoms with Crippen molar-refractivity contribution in [1.29, 1.82) is 0 Å². The molecule has 0 radical (unpaired) electrons. The molecule has 3 rings (SSSR count). The number of rotatable bonds is 3. The summed E-state index contributed by atoms with van der Waals surface area (Å²) >= 11 is 0. The van der Waals surface area contributed by atoms with Crippen molar-refractivity contribution in [2.75, 3.05) is 26.1 Å². The van der Waals surface area contributed by atoms with E-state index in [0.717, 1.165) is 43.8 Å². The lowest BCUT2D eigenvalue weighted by Gasteiger charge is -2.22. The number of nitrogens with zero attached hydrogens (tertiary/aromatic N) is 3. The quantitative estimate of drug-likeness (QED) is 0.906. The van der Waals surface area contributed by atoms with Crippen molar-refractivity contribution in [2.45, 2.75) is 19.4 Å². The Balaban J connectivity index is 1.94. The number of imidazole rings is 1. The molecule has 1 saturated heterocycles. The van der Waals surface area contributed by atoms with Crippen molar-refractivity contribution in [2.24, 2.45) is 5.92 Å². The van der Waals surface area contributed by atoms with E-state index >= 15 is 0 Å². The molecule has 2 aromatic heterocycles. The number of ether oxygens (including phenoxy) is 2. The third-order valence-electron chi connectivity index (χ3n) is 3.59. The molecular formula is C13H18N4O2. The van der Waals surface area contributed by atoms with Gasteiger partial charge < -0.3 is 15.2 Å². The fraction of sp³-hybridized carbons (Fsp3) is 0.538. The molecule has 0 saturated carbocycles. The van der Waals surface area contributed by atoms with Gasteiger partial charge in [-0.15, -0.1) is 0 Å². The van der Waals surface area contributed by atoms with E-state index in [1.54, 1.807) is 13.2 Å². The molecule has 102 valence electrons. The van der Waals surface area contributed by atoms with E-state index in [0.29, 0.717) is 17.7 Å². The second-order valence-corrected chi connectivity index (χ2v) is 4.83. The zero-order valence-electron chi connectivity index (χ0n) is 11.0. The minimum Gasteiger partial charge on any atom is -0.481 e. The lowest BCUT2D eigenvalue weighted by Crippen LogP contribution is -2.21. The molecule has 2 aromatic rings. The van der Waals surface area contributed by atoms with Gasteiger partial charge in [0.25, 0.3) is 0 Å². The Bertz CT molecular complexity index is 575. The van der Waals surface area contributed by atoms with Crippen molar-refractivity contribution in [3.63, 3.8) is 0 Å². The fourth-order valence-corrected chi connectivity index (χ4v) is 2.48. The van der Waals surface area contributed by atoms with Crippen molar-refractivity contribution >= 4 is 17.1 Å². The van der Waals surface area contributed by atoms with Crippen molar-refractivity contribution in [3.8, 4) is 5.88 Å². The standard InChI is InChI=1S/C13H18N4O2/c1-18-11-3-2-10-12(16-11)17(13(14)15-10)8-9-4-6-19-7-5-9/h2-3,9H,4-8H2,1H3,(H2,14,15). The second-order valence-electron chi connectivity index (χ2n) is 4.83. The maximum atomic E-state index is 6.00. The highest BCUT2D eigenvalue weighted by molar-refractivity contribution is 5.74. The SMILES string of the molecule is COc1ccc2nc(N)n(CC3CCOCC3)c2n1. The molecule has 0 unspecified atom stereocenters. The molecule has 0 bridgehead atoms. The maximum absolute atomic E-state index is 6.00. The highest BCUT2D eigenvalue weighted by Crippen LogP contribution is 2.23. The normalized spacial score (nSPS) is 16.9. The van der Waals surface area contributed by atoms with Gasteiger partial charge in [-0.3, -0.25) is 4.57 Å². The van der Waals surface area contributed by atoms with Gasteiger partial charge >= 0.3 is 0 Å². The topological polar surface area (TPSA) is 75.2 Å². The highest BCUT2D eigenvalue weighted by Gasteiger charge is 2.18. The average molecular weight is 262 g/mol. The maximum Gasteiger partial charge on any atom is 0.215 e. The predicted molar refractivity (Wildman–Crippen MR) is 72.0 cm³/mol. The zero-order valence-corrected chi connectivity index (χ0v) is 11.0. The van der Waals surface area contributed by atoms with Crippen LogP contribution in [0, 0.1) is 5.92 Å². The number of nitrogens with two attached hydrogens (primary N) is 1. The molecule has 6 heteroatoms. The largest absolute Gasteiger partial charge is 0.481 e. The van der Waals surface area contributed by atoms with Gasteiger partial charge in [-0.25, -0.2) is 4.98 Å². The van der Waals surface area contributed by atoms with E-state index in [-0.39, 0.29) is 0 Å². The number of methoxy groups -OCH3 is 1. The van der Waals surface area contributed by atoms with Crippen LogP contribution >= 0.6 is 0 Å². The van der Waals surface area contributed by atoms with Crippen LogP contribution in [-0.4, -0.2) is 34.9 Å².